The lowest BCUT2D eigenvalue weighted by molar-refractivity contribution is -0.339. The third-order valence-electron chi connectivity index (χ3n) is 11.7. The van der Waals surface area contributed by atoms with Gasteiger partial charge in [-0.1, -0.05) is 88.1 Å². The molecule has 1 N–H and O–H groups in total. The van der Waals surface area contributed by atoms with Gasteiger partial charge >= 0.3 is 23.9 Å². The summed E-state index contributed by atoms with van der Waals surface area (Å²) >= 11 is 0. The number of nitrogens with zero attached hydrogens (tertiary/aromatic N) is 9. The summed E-state index contributed by atoms with van der Waals surface area (Å²) in [6.45, 7) is 1.64. The van der Waals surface area contributed by atoms with Crippen LogP contribution in [-0.4, -0.2) is 135 Å². The summed E-state index contributed by atoms with van der Waals surface area (Å²) < 4.78 is 60.1. The first-order chi connectivity index (χ1) is 35.0. The largest absolute Gasteiger partial charge is 0.459 e. The first kappa shape index (κ1) is 52.2. The third kappa shape index (κ3) is 13.2. The van der Waals surface area contributed by atoms with E-state index in [2.05, 4.69) is 30.1 Å². The Kier molecular flexibility index (Phi) is 18.5. The van der Waals surface area contributed by atoms with Gasteiger partial charge in [0.1, 0.15) is 37.1 Å². The highest BCUT2D eigenvalue weighted by Crippen LogP contribution is 2.36. The molecule has 0 bridgehead atoms. The summed E-state index contributed by atoms with van der Waals surface area (Å²) in [5.41, 5.74) is 30.0. The molecule has 3 fully saturated rings. The van der Waals surface area contributed by atoms with E-state index >= 15 is 0 Å². The molecule has 24 nitrogen and oxygen atoms in total. The second-order valence-electron chi connectivity index (χ2n) is 16.4. The van der Waals surface area contributed by atoms with Gasteiger partial charge in [-0.3, -0.25) is 0 Å². The smallest absolute Gasteiger partial charge is 0.338 e. The van der Waals surface area contributed by atoms with Crippen LogP contribution in [0, 0.1) is 0 Å². The lowest BCUT2D eigenvalue weighted by Gasteiger charge is -2.47. The number of fused-ring (bicyclic) bond motifs is 1. The molecule has 376 valence electrons. The monoisotopic (exact) mass is 991 g/mol. The second-order valence-corrected chi connectivity index (χ2v) is 16.4. The third-order valence-corrected chi connectivity index (χ3v) is 11.7. The number of hydrogen-bond donors (Lipinski definition) is 1. The van der Waals surface area contributed by atoms with Crippen LogP contribution in [0.2, 0.25) is 0 Å². The maximum Gasteiger partial charge on any atom is 0.338 e. The minimum absolute atomic E-state index is 0.0375. The van der Waals surface area contributed by atoms with Crippen molar-refractivity contribution in [1.82, 2.24) is 0 Å². The van der Waals surface area contributed by atoms with Gasteiger partial charge in [0.2, 0.25) is 0 Å². The summed E-state index contributed by atoms with van der Waals surface area (Å²) in [6.07, 6.45) is -14.7. The predicted molar refractivity (Wildman–Crippen MR) is 247 cm³/mol. The zero-order valence-corrected chi connectivity index (χ0v) is 38.6. The molecule has 0 saturated carbocycles. The summed E-state index contributed by atoms with van der Waals surface area (Å²) in [5, 5.41) is 22.6. The Morgan fingerprint density at radius 2 is 1.14 bits per heavy atom. The van der Waals surface area contributed by atoms with Crippen molar-refractivity contribution in [3.63, 3.8) is 0 Å². The van der Waals surface area contributed by atoms with Crippen LogP contribution >= 0.6 is 0 Å². The van der Waals surface area contributed by atoms with Crippen molar-refractivity contribution < 1.29 is 71.7 Å². The minimum Gasteiger partial charge on any atom is -0.459 e. The number of aliphatic hydroxyl groups excluding tert-OH is 1. The number of aliphatic hydroxyl groups is 1. The molecule has 3 aliphatic rings. The summed E-state index contributed by atoms with van der Waals surface area (Å²) in [5.74, 6) is -3.26. The van der Waals surface area contributed by atoms with E-state index in [1.807, 2.05) is 0 Å². The highest BCUT2D eigenvalue weighted by Gasteiger charge is 2.54. The van der Waals surface area contributed by atoms with E-state index in [1.54, 1.807) is 79.7 Å². The Balaban J connectivity index is 1.15. The van der Waals surface area contributed by atoms with E-state index < -0.39 is 129 Å². The molecule has 24 heteroatoms. The van der Waals surface area contributed by atoms with Crippen LogP contribution in [0.4, 0.5) is 0 Å². The first-order valence-electron chi connectivity index (χ1n) is 22.6. The van der Waals surface area contributed by atoms with Gasteiger partial charge in [-0.05, 0) is 85.4 Å². The van der Waals surface area contributed by atoms with Crippen LogP contribution in [0.1, 0.15) is 61.7 Å². The molecule has 3 heterocycles. The normalized spacial score (nSPS) is 26.0. The number of rotatable bonds is 21. The number of benzene rings is 4. The minimum atomic E-state index is -1.71. The molecule has 4 aromatic carbocycles. The number of azide groups is 3. The van der Waals surface area contributed by atoms with Crippen molar-refractivity contribution in [1.29, 1.82) is 0 Å². The van der Waals surface area contributed by atoms with Crippen LogP contribution in [0.25, 0.3) is 31.3 Å². The van der Waals surface area contributed by atoms with Gasteiger partial charge in [0.15, 0.2) is 31.1 Å². The molecule has 5 unspecified atom stereocenters. The van der Waals surface area contributed by atoms with E-state index in [9.17, 15) is 40.9 Å². The van der Waals surface area contributed by atoms with Crippen molar-refractivity contribution in [3.05, 3.63) is 175 Å². The van der Waals surface area contributed by atoms with E-state index in [4.69, 9.17) is 47.4 Å². The quantitative estimate of drug-likeness (QED) is 0.0290. The number of carbonyl (C=O) groups excluding carboxylic acids is 4. The van der Waals surface area contributed by atoms with Gasteiger partial charge < -0.3 is 52.5 Å². The van der Waals surface area contributed by atoms with Crippen LogP contribution in [0.5, 0.6) is 0 Å². The SMILES string of the molecule is CC1OCC2O[C@H](O[C@@H](C)C(C[C@@H](N=[N+]=[N-])[C@H](CO)O[C@@H]3O[C@H](COC(=O)c4ccccc4)C(OC(=O)c4ccccc4)[C@@H]3OC(=O)c3ccccc3)N=[N+]=[N-])C(N=[N+]=[N-])[C@@H](OC(=O)c3ccccc3)[C@@H]2O1. The Bertz CT molecular complexity index is 2610. The lowest BCUT2D eigenvalue weighted by atomic mass is 9.95. The van der Waals surface area contributed by atoms with E-state index in [0.717, 1.165) is 0 Å². The molecule has 0 amide bonds. The fourth-order valence-electron chi connectivity index (χ4n) is 8.14. The summed E-state index contributed by atoms with van der Waals surface area (Å²) in [7, 11) is 0. The van der Waals surface area contributed by atoms with Crippen molar-refractivity contribution >= 4 is 23.9 Å². The number of carbonyl (C=O) groups is 4. The summed E-state index contributed by atoms with van der Waals surface area (Å²) in [6, 6.07) is 27.8. The average Bonchev–Trinajstić information content (AvgIpc) is 3.72. The number of esters is 4. The molecular formula is C48H49N9O15. The Labute approximate surface area is 410 Å². The van der Waals surface area contributed by atoms with Crippen LogP contribution in [0.15, 0.2) is 137 Å². The average molecular weight is 992 g/mol. The van der Waals surface area contributed by atoms with Gasteiger partial charge in [-0.25, -0.2) is 19.2 Å². The van der Waals surface area contributed by atoms with Crippen LogP contribution in [0.3, 0.4) is 0 Å². The first-order valence-corrected chi connectivity index (χ1v) is 22.6. The van der Waals surface area contributed by atoms with E-state index in [-0.39, 0.29) is 28.9 Å². The lowest BCUT2D eigenvalue weighted by Crippen LogP contribution is -2.64. The second kappa shape index (κ2) is 25.5. The molecule has 4 aromatic rings. The zero-order chi connectivity index (χ0) is 51.0. The van der Waals surface area contributed by atoms with Gasteiger partial charge in [0, 0.05) is 14.7 Å². The van der Waals surface area contributed by atoms with Crippen molar-refractivity contribution in [3.8, 4) is 0 Å². The molecule has 7 rings (SSSR count). The van der Waals surface area contributed by atoms with E-state index in [1.165, 1.54) is 55.5 Å². The van der Waals surface area contributed by atoms with Crippen molar-refractivity contribution in [2.45, 2.75) is 106 Å². The molecule has 0 aromatic heterocycles. The van der Waals surface area contributed by atoms with E-state index in [0.29, 0.717) is 0 Å². The maximum absolute atomic E-state index is 13.7. The molecular weight excluding hydrogens is 943 g/mol. The topological polar surface area (TPSA) is 327 Å². The van der Waals surface area contributed by atoms with Gasteiger partial charge in [-0.15, -0.1) is 0 Å². The molecule has 0 radical (unpaired) electrons. The standard InChI is InChI=1S/C48H49N9O15/c1-27(65-47-38(54-57-51)41(39-36(68-47)25-63-28(2)66-39)71-45(61)31-19-11-5-12-20-31)33(52-55-49)23-34(53-56-50)35(24-58)67-48-42(72-46(62)32-21-13-6-14-22-32)40(70-44(60)30-17-9-4-10-18-30)37(69-48)26-64-43(59)29-15-7-3-8-16-29/h3-22,27-28,33-42,47-48,58H,23-26H2,1-2H3/t27-,28?,33?,34+,35-,36?,37+,38?,39+,40?,41+,42-,47-,48+/m0/s1. The number of ether oxygens (including phenoxy) is 10. The van der Waals surface area contributed by atoms with Crippen LogP contribution < -0.4 is 0 Å². The van der Waals surface area contributed by atoms with Gasteiger partial charge in [0.25, 0.3) is 0 Å². The highest BCUT2D eigenvalue weighted by molar-refractivity contribution is 5.91. The zero-order valence-electron chi connectivity index (χ0n) is 38.6. The highest BCUT2D eigenvalue weighted by atomic mass is 16.8. The predicted octanol–water partition coefficient (Wildman–Crippen LogP) is 6.94. The number of hydrogen-bond acceptors (Lipinski definition) is 18. The van der Waals surface area contributed by atoms with Gasteiger partial charge in [0.05, 0.1) is 59.8 Å². The fraction of sp³-hybridized carbons (Fsp3) is 0.417. The molecule has 3 aliphatic heterocycles. The maximum atomic E-state index is 13.7. The fourth-order valence-corrected chi connectivity index (χ4v) is 8.14. The molecule has 0 aliphatic carbocycles. The van der Waals surface area contributed by atoms with Crippen molar-refractivity contribution in [2.24, 2.45) is 15.3 Å². The molecule has 72 heavy (non-hydrogen) atoms. The van der Waals surface area contributed by atoms with Crippen LogP contribution in [-0.2, 0) is 47.4 Å². The molecule has 14 atom stereocenters. The Hall–Kier alpha value is -7.59. The van der Waals surface area contributed by atoms with Gasteiger partial charge in [-0.2, -0.15) is 0 Å². The van der Waals surface area contributed by atoms with Crippen molar-refractivity contribution in [2.75, 3.05) is 19.8 Å². The Morgan fingerprint density at radius 3 is 1.65 bits per heavy atom. The molecule has 0 spiro atoms. The Morgan fingerprint density at radius 1 is 0.639 bits per heavy atom. The summed E-state index contributed by atoms with van der Waals surface area (Å²) in [4.78, 5) is 62.8. The molecule has 3 saturated heterocycles.